The van der Waals surface area contributed by atoms with Crippen LogP contribution < -0.4 is 0 Å². The summed E-state index contributed by atoms with van der Waals surface area (Å²) >= 11 is 3.07. The van der Waals surface area contributed by atoms with E-state index in [9.17, 15) is 4.79 Å². The lowest BCUT2D eigenvalue weighted by molar-refractivity contribution is -0.107. The third kappa shape index (κ3) is 2.45. The van der Waals surface area contributed by atoms with Gasteiger partial charge in [-0.15, -0.1) is 0 Å². The van der Waals surface area contributed by atoms with Gasteiger partial charge in [-0.3, -0.25) is 0 Å². The summed E-state index contributed by atoms with van der Waals surface area (Å²) in [5.41, 5.74) is 0. The first-order valence-electron chi connectivity index (χ1n) is 2.25. The van der Waals surface area contributed by atoms with E-state index in [2.05, 4.69) is 15.9 Å². The van der Waals surface area contributed by atoms with E-state index in [0.29, 0.717) is 5.33 Å². The molecule has 0 saturated heterocycles. The quantitative estimate of drug-likeness (QED) is 0.307. The maximum atomic E-state index is 10.0. The molecule has 1 nitrogen and oxygen atoms in total. The molecule has 0 rings (SSSR count). The van der Waals surface area contributed by atoms with Crippen LogP contribution in [0.15, 0.2) is 0 Å². The van der Waals surface area contributed by atoms with Gasteiger partial charge in [-0.05, 0) is 5.82 Å². The Bertz CT molecular complexity index is 77.3. The fourth-order valence-corrected chi connectivity index (χ4v) is 0.164. The van der Waals surface area contributed by atoms with Gasteiger partial charge in [0.05, 0.1) is 0 Å². The molecule has 0 saturated carbocycles. The van der Waals surface area contributed by atoms with E-state index in [-0.39, 0.29) is 5.82 Å². The van der Waals surface area contributed by atoms with Gasteiger partial charge in [0.2, 0.25) is 0 Å². The summed E-state index contributed by atoms with van der Waals surface area (Å²) in [6.45, 7) is 0. The van der Waals surface area contributed by atoms with E-state index >= 15 is 0 Å². The van der Waals surface area contributed by atoms with E-state index in [0.717, 1.165) is 0 Å². The van der Waals surface area contributed by atoms with Crippen molar-refractivity contribution in [2.45, 2.75) is 5.82 Å². The Hall–Kier alpha value is 0.215. The number of hydrogen-bond acceptors (Lipinski definition) is 1. The molecule has 0 bridgehead atoms. The van der Waals surface area contributed by atoms with Gasteiger partial charge in [0.1, 0.15) is 15.5 Å². The molecule has 34 valence electrons. The molecule has 6 heavy (non-hydrogen) atoms. The van der Waals surface area contributed by atoms with Crippen LogP contribution in [-0.4, -0.2) is 19.4 Å². The van der Waals surface area contributed by atoms with Crippen molar-refractivity contribution in [2.75, 3.05) is 5.33 Å². The second-order valence-electron chi connectivity index (χ2n) is 1.17. The molecule has 1 atom stereocenters. The highest BCUT2D eigenvalue weighted by molar-refractivity contribution is 9.09. The summed E-state index contributed by atoms with van der Waals surface area (Å²) in [5.74, 6) is -0.153. The third-order valence-corrected chi connectivity index (χ3v) is 1.40. The number of halogens is 1. The molecular formula is C3H6BBrO. The highest BCUT2D eigenvalue weighted by Gasteiger charge is 1.91. The van der Waals surface area contributed by atoms with Crippen molar-refractivity contribution in [3.8, 4) is 0 Å². The minimum Gasteiger partial charge on any atom is -0.304 e. The van der Waals surface area contributed by atoms with Crippen molar-refractivity contribution >= 4 is 30.0 Å². The van der Waals surface area contributed by atoms with Crippen LogP contribution in [0.4, 0.5) is 0 Å². The Kier molecular flexibility index (Phi) is 2.48. The molecule has 0 aliphatic heterocycles. The zero-order valence-corrected chi connectivity index (χ0v) is 5.16. The minimum atomic E-state index is -0.503. The first-order chi connectivity index (χ1) is 3.18. The lowest BCUT2D eigenvalue weighted by Gasteiger charge is -1.87. The summed E-state index contributed by atoms with van der Waals surface area (Å²) in [5, 5.41) is 0.593. The van der Waals surface area contributed by atoms with Crippen molar-refractivity contribution < 1.29 is 6.17 Å². The lowest BCUT2D eigenvalue weighted by Crippen LogP contribution is -1.91. The Morgan fingerprint density at radius 2 is 2.83 bits per heavy atom. The fraction of sp³-hybridized carbons (Fsp3) is 0.667. The van der Waals surface area contributed by atoms with Gasteiger partial charge < -0.3 is 4.79 Å². The maximum Gasteiger partial charge on any atom is 0.115 e. The van der Waals surface area contributed by atoms with E-state index < -0.39 is 6.26 Å². The SMILES string of the molecule is [2H]C(=O)C(B)CBr. The predicted molar refractivity (Wildman–Crippen MR) is 32.2 cm³/mol. The van der Waals surface area contributed by atoms with Crippen LogP contribution in [0, 0.1) is 0 Å². The van der Waals surface area contributed by atoms with Gasteiger partial charge >= 0.3 is 0 Å². The molecule has 1 unspecified atom stereocenters. The highest BCUT2D eigenvalue weighted by Crippen LogP contribution is 1.95. The molecule has 0 heterocycles. The molecule has 0 aromatic heterocycles. The molecule has 0 fully saturated rings. The minimum absolute atomic E-state index is 0.153. The zero-order chi connectivity index (χ0) is 5.86. The Morgan fingerprint density at radius 1 is 2.33 bits per heavy atom. The Balaban J connectivity index is 3.34. The summed E-state index contributed by atoms with van der Waals surface area (Å²) in [7, 11) is 1.71. The molecule has 0 aromatic rings. The second kappa shape index (κ2) is 3.41. The second-order valence-corrected chi connectivity index (χ2v) is 1.82. The van der Waals surface area contributed by atoms with Crippen LogP contribution in [0.5, 0.6) is 0 Å². The van der Waals surface area contributed by atoms with Crippen molar-refractivity contribution in [2.24, 2.45) is 0 Å². The molecule has 0 radical (unpaired) electrons. The molecular weight excluding hydrogens is 143 g/mol. The molecule has 0 spiro atoms. The number of carbonyl (C=O) groups excluding carboxylic acids is 1. The molecule has 0 aromatic carbocycles. The van der Waals surface area contributed by atoms with Gasteiger partial charge in [-0.1, -0.05) is 15.9 Å². The number of carbonyl (C=O) groups is 1. The van der Waals surface area contributed by atoms with Crippen LogP contribution in [0.3, 0.4) is 0 Å². The average molecular weight is 150 g/mol. The largest absolute Gasteiger partial charge is 0.304 e. The fourth-order valence-electron chi connectivity index (χ4n) is 0.0315. The topological polar surface area (TPSA) is 17.1 Å². The molecule has 0 N–H and O–H groups in total. The van der Waals surface area contributed by atoms with Crippen LogP contribution >= 0.6 is 15.9 Å². The van der Waals surface area contributed by atoms with Crippen LogP contribution in [0.2, 0.25) is 5.82 Å². The summed E-state index contributed by atoms with van der Waals surface area (Å²) < 4.78 is 6.51. The molecule has 0 aliphatic carbocycles. The van der Waals surface area contributed by atoms with Gasteiger partial charge in [0.15, 0.2) is 0 Å². The normalized spacial score (nSPS) is 15.8. The number of hydrogen-bond donors (Lipinski definition) is 0. The molecule has 0 aliphatic rings. The van der Waals surface area contributed by atoms with E-state index in [1.165, 1.54) is 0 Å². The third-order valence-electron chi connectivity index (χ3n) is 0.433. The van der Waals surface area contributed by atoms with Crippen molar-refractivity contribution in [1.82, 2.24) is 0 Å². The predicted octanol–water partition coefficient (Wildman–Crippen LogP) is 0.00180. The highest BCUT2D eigenvalue weighted by atomic mass is 79.9. The van der Waals surface area contributed by atoms with Crippen LogP contribution in [0.1, 0.15) is 1.37 Å². The van der Waals surface area contributed by atoms with Crippen LogP contribution in [0.25, 0.3) is 0 Å². The van der Waals surface area contributed by atoms with Crippen molar-refractivity contribution in [3.63, 3.8) is 0 Å². The average Bonchev–Trinajstić information content (AvgIpc) is 1.65. The maximum absolute atomic E-state index is 10.0. The van der Waals surface area contributed by atoms with E-state index in [1.54, 1.807) is 7.85 Å². The summed E-state index contributed by atoms with van der Waals surface area (Å²) in [4.78, 5) is 10.0. The van der Waals surface area contributed by atoms with Crippen molar-refractivity contribution in [1.29, 1.82) is 0 Å². The number of aldehydes is 1. The Labute approximate surface area is 48.1 Å². The standard InChI is InChI=1S/C3H6BBrO/c4-3(1-5)2-6/h2-3H,1,4H2/i2D. The number of alkyl halides is 1. The smallest absolute Gasteiger partial charge is 0.115 e. The van der Waals surface area contributed by atoms with Gasteiger partial charge in [0.25, 0.3) is 0 Å². The first-order valence-corrected chi connectivity index (χ1v) is 2.87. The van der Waals surface area contributed by atoms with E-state index in [1.807, 2.05) is 0 Å². The first kappa shape index (κ1) is 4.38. The summed E-state index contributed by atoms with van der Waals surface area (Å²) in [6.07, 6.45) is -0.503. The van der Waals surface area contributed by atoms with Crippen LogP contribution in [-0.2, 0) is 4.79 Å². The molecule has 0 amide bonds. The Morgan fingerprint density at radius 3 is 2.83 bits per heavy atom. The van der Waals surface area contributed by atoms with E-state index in [4.69, 9.17) is 1.37 Å². The summed E-state index contributed by atoms with van der Waals surface area (Å²) in [6, 6.07) is 0. The number of rotatable bonds is 2. The molecule has 3 heteroatoms. The van der Waals surface area contributed by atoms with Gasteiger partial charge in [-0.2, -0.15) is 0 Å². The van der Waals surface area contributed by atoms with Crippen molar-refractivity contribution in [3.05, 3.63) is 0 Å². The van der Waals surface area contributed by atoms with Gasteiger partial charge in [-0.25, -0.2) is 0 Å². The lowest BCUT2D eigenvalue weighted by atomic mass is 9.92. The monoisotopic (exact) mass is 149 g/mol. The van der Waals surface area contributed by atoms with Gasteiger partial charge in [0, 0.05) is 5.33 Å². The zero-order valence-electron chi connectivity index (χ0n) is 4.57.